The monoisotopic (exact) mass is 426 g/mol. The molecule has 0 spiro atoms. The van der Waals surface area contributed by atoms with E-state index in [1.54, 1.807) is 14.2 Å². The van der Waals surface area contributed by atoms with Crippen molar-refractivity contribution in [1.29, 1.82) is 0 Å². The Bertz CT molecular complexity index is 830. The zero-order valence-electron chi connectivity index (χ0n) is 18.6. The summed E-state index contributed by atoms with van der Waals surface area (Å²) in [7, 11) is 3.23. The van der Waals surface area contributed by atoms with Crippen molar-refractivity contribution in [3.8, 4) is 17.2 Å². The van der Waals surface area contributed by atoms with Crippen molar-refractivity contribution in [2.45, 2.75) is 44.6 Å². The molecule has 0 radical (unpaired) electrons. The number of benzene rings is 2. The van der Waals surface area contributed by atoms with Gasteiger partial charge < -0.3 is 25.3 Å². The Kier molecular flexibility index (Phi) is 8.59. The Morgan fingerprint density at radius 3 is 2.32 bits per heavy atom. The zero-order chi connectivity index (χ0) is 22.1. The second-order valence-corrected chi connectivity index (χ2v) is 8.10. The topological polar surface area (TPSA) is 82.8 Å². The van der Waals surface area contributed by atoms with Crippen molar-refractivity contribution in [3.63, 3.8) is 0 Å². The third kappa shape index (κ3) is 6.62. The van der Waals surface area contributed by atoms with Crippen LogP contribution < -0.4 is 25.3 Å². The van der Waals surface area contributed by atoms with Crippen LogP contribution in [0, 0.1) is 5.92 Å². The first-order valence-electron chi connectivity index (χ1n) is 11.1. The van der Waals surface area contributed by atoms with E-state index in [0.29, 0.717) is 23.2 Å². The van der Waals surface area contributed by atoms with E-state index in [9.17, 15) is 4.79 Å². The molecule has 0 bridgehead atoms. The average molecular weight is 427 g/mol. The van der Waals surface area contributed by atoms with Crippen LogP contribution in [0.1, 0.15) is 55.7 Å². The summed E-state index contributed by atoms with van der Waals surface area (Å²) in [5, 5.41) is 3.02. The molecule has 0 heterocycles. The lowest BCUT2D eigenvalue weighted by atomic mass is 9.98. The van der Waals surface area contributed by atoms with Gasteiger partial charge in [0.1, 0.15) is 17.2 Å². The van der Waals surface area contributed by atoms with Gasteiger partial charge in [-0.25, -0.2) is 0 Å². The number of nitrogens with one attached hydrogen (secondary N) is 1. The summed E-state index contributed by atoms with van der Waals surface area (Å²) < 4.78 is 16.4. The zero-order valence-corrected chi connectivity index (χ0v) is 18.6. The van der Waals surface area contributed by atoms with Gasteiger partial charge in [-0.1, -0.05) is 37.8 Å². The number of nitrogens with two attached hydrogens (primary N) is 1. The van der Waals surface area contributed by atoms with Gasteiger partial charge in [0.25, 0.3) is 5.91 Å². The van der Waals surface area contributed by atoms with Gasteiger partial charge in [-0.05, 0) is 48.6 Å². The molecule has 0 aromatic heterocycles. The molecule has 2 aromatic rings. The lowest BCUT2D eigenvalue weighted by molar-refractivity contribution is -0.123. The van der Waals surface area contributed by atoms with Gasteiger partial charge in [0.2, 0.25) is 0 Å². The molecule has 1 fully saturated rings. The molecular weight excluding hydrogens is 392 g/mol. The van der Waals surface area contributed by atoms with Gasteiger partial charge >= 0.3 is 0 Å². The minimum atomic E-state index is -0.349. The fourth-order valence-electron chi connectivity index (χ4n) is 4.05. The van der Waals surface area contributed by atoms with Crippen LogP contribution in [0.25, 0.3) is 0 Å². The highest BCUT2D eigenvalue weighted by Crippen LogP contribution is 2.32. The Morgan fingerprint density at radius 1 is 1.00 bits per heavy atom. The maximum Gasteiger partial charge on any atom is 0.257 e. The van der Waals surface area contributed by atoms with Gasteiger partial charge in [-0.2, -0.15) is 0 Å². The minimum absolute atomic E-state index is 0.0183. The van der Waals surface area contributed by atoms with Crippen LogP contribution in [0.2, 0.25) is 0 Å². The Morgan fingerprint density at radius 2 is 1.68 bits per heavy atom. The van der Waals surface area contributed by atoms with Crippen LogP contribution in [-0.2, 0) is 4.79 Å². The van der Waals surface area contributed by atoms with Crippen LogP contribution in [-0.4, -0.2) is 33.3 Å². The molecule has 1 saturated carbocycles. The van der Waals surface area contributed by atoms with Crippen LogP contribution in [0.5, 0.6) is 17.2 Å². The molecule has 0 aliphatic heterocycles. The molecule has 168 valence electrons. The summed E-state index contributed by atoms with van der Waals surface area (Å²) in [6.07, 6.45) is 7.60. The Balaban J connectivity index is 1.51. The van der Waals surface area contributed by atoms with E-state index in [4.69, 9.17) is 19.9 Å². The smallest absolute Gasteiger partial charge is 0.257 e. The molecule has 1 aliphatic carbocycles. The molecule has 1 amide bonds. The highest BCUT2D eigenvalue weighted by atomic mass is 16.5. The van der Waals surface area contributed by atoms with Crippen molar-refractivity contribution in [2.75, 3.05) is 27.4 Å². The molecule has 2 aromatic carbocycles. The first-order valence-corrected chi connectivity index (χ1v) is 11.1. The fourth-order valence-corrected chi connectivity index (χ4v) is 4.05. The van der Waals surface area contributed by atoms with E-state index in [1.807, 2.05) is 42.5 Å². The van der Waals surface area contributed by atoms with Gasteiger partial charge in [0, 0.05) is 18.2 Å². The Hall–Kier alpha value is -2.73. The second-order valence-electron chi connectivity index (χ2n) is 8.10. The van der Waals surface area contributed by atoms with Gasteiger partial charge in [0.05, 0.1) is 20.3 Å². The van der Waals surface area contributed by atoms with Crippen molar-refractivity contribution in [1.82, 2.24) is 5.32 Å². The predicted octanol–water partition coefficient (Wildman–Crippen LogP) is 4.22. The third-order valence-corrected chi connectivity index (χ3v) is 5.95. The summed E-state index contributed by atoms with van der Waals surface area (Å²) in [5.74, 6) is 2.56. The molecule has 1 atom stereocenters. The summed E-state index contributed by atoms with van der Waals surface area (Å²) in [5.41, 5.74) is 8.25. The number of hydrogen-bond donors (Lipinski definition) is 2. The average Bonchev–Trinajstić information content (AvgIpc) is 3.09. The summed E-state index contributed by atoms with van der Waals surface area (Å²) in [4.78, 5) is 12.1. The van der Waals surface area contributed by atoms with Crippen molar-refractivity contribution in [2.24, 2.45) is 11.7 Å². The highest BCUT2D eigenvalue weighted by Gasteiger charge is 2.16. The van der Waals surface area contributed by atoms with Crippen LogP contribution in [0.4, 0.5) is 0 Å². The molecule has 1 aliphatic rings. The van der Waals surface area contributed by atoms with Crippen molar-refractivity contribution in [3.05, 3.63) is 53.6 Å². The van der Waals surface area contributed by atoms with E-state index in [-0.39, 0.29) is 18.6 Å². The van der Waals surface area contributed by atoms with E-state index in [0.717, 1.165) is 17.7 Å². The summed E-state index contributed by atoms with van der Waals surface area (Å²) in [6.45, 7) is 0.768. The van der Waals surface area contributed by atoms with E-state index in [2.05, 4.69) is 5.32 Å². The first-order chi connectivity index (χ1) is 15.1. The Labute approximate surface area is 185 Å². The number of methoxy groups -OCH3 is 2. The van der Waals surface area contributed by atoms with Crippen molar-refractivity contribution < 1.29 is 19.0 Å². The molecular formula is C25H34N2O4. The predicted molar refractivity (Wildman–Crippen MR) is 122 cm³/mol. The maximum absolute atomic E-state index is 12.1. The summed E-state index contributed by atoms with van der Waals surface area (Å²) in [6, 6.07) is 12.7. The largest absolute Gasteiger partial charge is 0.497 e. The maximum atomic E-state index is 12.1. The molecule has 31 heavy (non-hydrogen) atoms. The molecule has 6 nitrogen and oxygen atoms in total. The number of rotatable bonds is 9. The number of carbonyl (C=O) groups excluding carboxylic acids is 1. The number of carbonyl (C=O) groups is 1. The lowest BCUT2D eigenvalue weighted by Crippen LogP contribution is -2.33. The van der Waals surface area contributed by atoms with Crippen LogP contribution in [0.3, 0.4) is 0 Å². The normalized spacial score (nSPS) is 15.6. The molecule has 6 heteroatoms. The molecule has 3 rings (SSSR count). The van der Waals surface area contributed by atoms with E-state index >= 15 is 0 Å². The molecule has 1 unspecified atom stereocenters. The van der Waals surface area contributed by atoms with Gasteiger partial charge in [-0.15, -0.1) is 0 Å². The fraction of sp³-hybridized carbons (Fsp3) is 0.480. The number of ether oxygens (including phenoxy) is 3. The quantitative estimate of drug-likeness (QED) is 0.587. The highest BCUT2D eigenvalue weighted by molar-refractivity contribution is 5.77. The van der Waals surface area contributed by atoms with Gasteiger partial charge in [-0.3, -0.25) is 4.79 Å². The summed E-state index contributed by atoms with van der Waals surface area (Å²) >= 11 is 0. The minimum Gasteiger partial charge on any atom is -0.497 e. The number of hydrogen-bond acceptors (Lipinski definition) is 5. The number of amides is 1. The van der Waals surface area contributed by atoms with E-state index < -0.39 is 0 Å². The lowest BCUT2D eigenvalue weighted by Gasteiger charge is -2.17. The molecule has 3 N–H and O–H groups in total. The second kappa shape index (κ2) is 11.6. The van der Waals surface area contributed by atoms with Crippen LogP contribution >= 0.6 is 0 Å². The van der Waals surface area contributed by atoms with Crippen molar-refractivity contribution >= 4 is 5.91 Å². The first kappa shape index (κ1) is 22.9. The van der Waals surface area contributed by atoms with Crippen LogP contribution in [0.15, 0.2) is 42.5 Å². The van der Waals surface area contributed by atoms with E-state index in [1.165, 1.54) is 38.5 Å². The SMILES string of the molecule is COc1ccc(C(N)c2ccc(OCC(=O)NCC3CCCCCC3)cc2)c(OC)c1. The van der Waals surface area contributed by atoms with Gasteiger partial charge in [0.15, 0.2) is 6.61 Å². The third-order valence-electron chi connectivity index (χ3n) is 5.95. The standard InChI is InChI=1S/C25H34N2O4/c1-29-21-13-14-22(23(15-21)30-2)25(26)19-9-11-20(12-10-19)31-17-24(28)27-16-18-7-5-3-4-6-8-18/h9-15,18,25H,3-8,16-17,26H2,1-2H3,(H,27,28). The molecule has 0 saturated heterocycles.